The second kappa shape index (κ2) is 11.6. The smallest absolute Gasteiger partial charge is 0.262 e. The minimum absolute atomic E-state index is 0.0269. The van der Waals surface area contributed by atoms with E-state index in [1.165, 1.54) is 18.2 Å². The molecule has 0 heterocycles. The van der Waals surface area contributed by atoms with Gasteiger partial charge in [0.2, 0.25) is 0 Å². The molecule has 176 valence electrons. The fourth-order valence-corrected chi connectivity index (χ4v) is 3.76. The van der Waals surface area contributed by atoms with Crippen LogP contribution in [-0.4, -0.2) is 25.0 Å². The summed E-state index contributed by atoms with van der Waals surface area (Å²) in [6.07, 6.45) is 0. The molecule has 0 aliphatic heterocycles. The van der Waals surface area contributed by atoms with Gasteiger partial charge in [-0.05, 0) is 35.4 Å². The highest BCUT2D eigenvalue weighted by atomic mass is 19.1. The van der Waals surface area contributed by atoms with E-state index < -0.39 is 11.7 Å². The van der Waals surface area contributed by atoms with E-state index in [0.29, 0.717) is 12.1 Å². The predicted molar refractivity (Wildman–Crippen MR) is 134 cm³/mol. The Kier molecular flexibility index (Phi) is 7.86. The van der Waals surface area contributed by atoms with Crippen LogP contribution >= 0.6 is 0 Å². The standard InChI is InChI=1S/C29H25FN2O3/c30-25-16-8-9-17-26(25)32-28(33)20-35-27-18-10-7-15-23(27)29(34)31-19-24(21-11-3-1-4-12-21)22-13-5-2-6-14-22/h1-18,24H,19-20H2,(H,31,34)(H,32,33). The lowest BCUT2D eigenvalue weighted by atomic mass is 9.91. The molecule has 4 aromatic rings. The first-order valence-electron chi connectivity index (χ1n) is 11.3. The van der Waals surface area contributed by atoms with Gasteiger partial charge in [-0.3, -0.25) is 9.59 Å². The molecule has 0 aromatic heterocycles. The molecule has 5 nitrogen and oxygen atoms in total. The van der Waals surface area contributed by atoms with Crippen LogP contribution in [-0.2, 0) is 4.79 Å². The summed E-state index contributed by atoms with van der Waals surface area (Å²) in [6.45, 7) is 0.0181. The molecule has 0 atom stereocenters. The van der Waals surface area contributed by atoms with Crippen molar-refractivity contribution in [2.75, 3.05) is 18.5 Å². The second-order valence-corrected chi connectivity index (χ2v) is 7.90. The van der Waals surface area contributed by atoms with Crippen LogP contribution in [0, 0.1) is 5.82 Å². The van der Waals surface area contributed by atoms with Crippen molar-refractivity contribution < 1.29 is 18.7 Å². The Morgan fingerprint density at radius 1 is 0.743 bits per heavy atom. The highest BCUT2D eigenvalue weighted by Gasteiger charge is 2.18. The largest absolute Gasteiger partial charge is 0.483 e. The van der Waals surface area contributed by atoms with E-state index in [9.17, 15) is 14.0 Å². The Bertz CT molecular complexity index is 1240. The Morgan fingerprint density at radius 3 is 1.97 bits per heavy atom. The summed E-state index contributed by atoms with van der Waals surface area (Å²) in [5.41, 5.74) is 2.56. The maximum atomic E-state index is 13.8. The van der Waals surface area contributed by atoms with E-state index in [-0.39, 0.29) is 29.9 Å². The van der Waals surface area contributed by atoms with Crippen LogP contribution in [0.4, 0.5) is 10.1 Å². The topological polar surface area (TPSA) is 67.4 Å². The first-order chi connectivity index (χ1) is 17.1. The van der Waals surface area contributed by atoms with Gasteiger partial charge >= 0.3 is 0 Å². The van der Waals surface area contributed by atoms with E-state index in [1.807, 2.05) is 60.7 Å². The molecule has 2 N–H and O–H groups in total. The zero-order valence-electron chi connectivity index (χ0n) is 19.0. The molecule has 0 aliphatic rings. The molecule has 0 saturated heterocycles. The summed E-state index contributed by atoms with van der Waals surface area (Å²) in [6, 6.07) is 32.6. The van der Waals surface area contributed by atoms with E-state index in [2.05, 4.69) is 10.6 Å². The molecule has 2 amide bonds. The normalized spacial score (nSPS) is 10.6. The summed E-state index contributed by atoms with van der Waals surface area (Å²) < 4.78 is 19.4. The Balaban J connectivity index is 1.42. The lowest BCUT2D eigenvalue weighted by Gasteiger charge is -2.19. The zero-order chi connectivity index (χ0) is 24.5. The SMILES string of the molecule is O=C(COc1ccccc1C(=O)NCC(c1ccccc1)c1ccccc1)Nc1ccccc1F. The number of hydrogen-bond acceptors (Lipinski definition) is 3. The molecule has 0 fully saturated rings. The number of rotatable bonds is 9. The van der Waals surface area contributed by atoms with Crippen LogP contribution in [0.25, 0.3) is 0 Å². The third kappa shape index (κ3) is 6.32. The molecule has 4 rings (SSSR count). The molecule has 0 unspecified atom stereocenters. The number of amides is 2. The fraction of sp³-hybridized carbons (Fsp3) is 0.103. The van der Waals surface area contributed by atoms with Crippen molar-refractivity contribution in [3.8, 4) is 5.75 Å². The minimum Gasteiger partial charge on any atom is -0.483 e. The second-order valence-electron chi connectivity index (χ2n) is 7.90. The molecule has 35 heavy (non-hydrogen) atoms. The highest BCUT2D eigenvalue weighted by molar-refractivity contribution is 5.97. The lowest BCUT2D eigenvalue weighted by molar-refractivity contribution is -0.118. The minimum atomic E-state index is -0.535. The monoisotopic (exact) mass is 468 g/mol. The van der Waals surface area contributed by atoms with Gasteiger partial charge in [0, 0.05) is 12.5 Å². The van der Waals surface area contributed by atoms with Gasteiger partial charge in [-0.25, -0.2) is 4.39 Å². The number of carbonyl (C=O) groups is 2. The quantitative estimate of drug-likeness (QED) is 0.345. The van der Waals surface area contributed by atoms with E-state index in [0.717, 1.165) is 11.1 Å². The van der Waals surface area contributed by atoms with Gasteiger partial charge in [0.1, 0.15) is 11.6 Å². The number of hydrogen-bond donors (Lipinski definition) is 2. The van der Waals surface area contributed by atoms with E-state index >= 15 is 0 Å². The number of halogens is 1. The van der Waals surface area contributed by atoms with Crippen molar-refractivity contribution in [1.82, 2.24) is 5.32 Å². The molecular weight excluding hydrogens is 443 g/mol. The molecule has 0 spiro atoms. The first kappa shape index (κ1) is 23.7. The Labute approximate surface area is 203 Å². The lowest BCUT2D eigenvalue weighted by Crippen LogP contribution is -2.29. The maximum Gasteiger partial charge on any atom is 0.262 e. The average molecular weight is 469 g/mol. The molecular formula is C29H25FN2O3. The molecule has 0 aliphatic carbocycles. The van der Waals surface area contributed by atoms with E-state index in [1.54, 1.807) is 30.3 Å². The number of anilines is 1. The van der Waals surface area contributed by atoms with Crippen molar-refractivity contribution in [3.63, 3.8) is 0 Å². The summed E-state index contributed by atoms with van der Waals surface area (Å²) >= 11 is 0. The Morgan fingerprint density at radius 2 is 1.31 bits per heavy atom. The van der Waals surface area contributed by atoms with Crippen molar-refractivity contribution in [1.29, 1.82) is 0 Å². The van der Waals surface area contributed by atoms with Gasteiger partial charge in [-0.1, -0.05) is 84.9 Å². The van der Waals surface area contributed by atoms with Crippen LogP contribution < -0.4 is 15.4 Å². The molecule has 0 saturated carbocycles. The van der Waals surface area contributed by atoms with Gasteiger partial charge in [0.05, 0.1) is 11.3 Å². The maximum absolute atomic E-state index is 13.8. The average Bonchev–Trinajstić information content (AvgIpc) is 2.90. The third-order valence-electron chi connectivity index (χ3n) is 5.51. The highest BCUT2D eigenvalue weighted by Crippen LogP contribution is 2.24. The number of carbonyl (C=O) groups excluding carboxylic acids is 2. The van der Waals surface area contributed by atoms with Crippen molar-refractivity contribution in [3.05, 3.63) is 132 Å². The summed E-state index contributed by atoms with van der Waals surface area (Å²) in [7, 11) is 0. The van der Waals surface area contributed by atoms with Crippen LogP contribution in [0.1, 0.15) is 27.4 Å². The predicted octanol–water partition coefficient (Wildman–Crippen LogP) is 5.41. The summed E-state index contributed by atoms with van der Waals surface area (Å²) in [5.74, 6) is -1.14. The van der Waals surface area contributed by atoms with Gasteiger partial charge in [0.25, 0.3) is 11.8 Å². The van der Waals surface area contributed by atoms with Crippen LogP contribution in [0.15, 0.2) is 109 Å². The number of benzene rings is 4. The number of ether oxygens (including phenoxy) is 1. The number of para-hydroxylation sites is 2. The van der Waals surface area contributed by atoms with Crippen LogP contribution in [0.5, 0.6) is 5.75 Å². The number of nitrogens with one attached hydrogen (secondary N) is 2. The van der Waals surface area contributed by atoms with Gasteiger partial charge in [-0.15, -0.1) is 0 Å². The zero-order valence-corrected chi connectivity index (χ0v) is 19.0. The van der Waals surface area contributed by atoms with Crippen LogP contribution in [0.3, 0.4) is 0 Å². The van der Waals surface area contributed by atoms with Crippen molar-refractivity contribution in [2.24, 2.45) is 0 Å². The molecule has 6 heteroatoms. The van der Waals surface area contributed by atoms with Crippen LogP contribution in [0.2, 0.25) is 0 Å². The van der Waals surface area contributed by atoms with Gasteiger partial charge < -0.3 is 15.4 Å². The fourth-order valence-electron chi connectivity index (χ4n) is 3.76. The molecule has 0 bridgehead atoms. The third-order valence-corrected chi connectivity index (χ3v) is 5.51. The van der Waals surface area contributed by atoms with Crippen molar-refractivity contribution >= 4 is 17.5 Å². The summed E-state index contributed by atoms with van der Waals surface area (Å²) in [5, 5.41) is 5.47. The summed E-state index contributed by atoms with van der Waals surface area (Å²) in [4.78, 5) is 25.3. The molecule has 0 radical (unpaired) electrons. The Hall–Kier alpha value is -4.45. The van der Waals surface area contributed by atoms with Crippen molar-refractivity contribution in [2.45, 2.75) is 5.92 Å². The van der Waals surface area contributed by atoms with Gasteiger partial charge in [-0.2, -0.15) is 0 Å². The van der Waals surface area contributed by atoms with Gasteiger partial charge in [0.15, 0.2) is 6.61 Å². The van der Waals surface area contributed by atoms with E-state index in [4.69, 9.17) is 4.74 Å². The molecule has 4 aromatic carbocycles. The first-order valence-corrected chi connectivity index (χ1v) is 11.3.